The van der Waals surface area contributed by atoms with Crippen molar-refractivity contribution in [2.24, 2.45) is 0 Å². The monoisotopic (exact) mass is 305 g/mol. The molecule has 0 saturated carbocycles. The lowest BCUT2D eigenvalue weighted by molar-refractivity contribution is 0.193. The highest BCUT2D eigenvalue weighted by atomic mass is 35.5. The number of methoxy groups -OCH3 is 1. The molecule has 1 rings (SSSR count). The molecule has 0 amide bonds. The Bertz CT molecular complexity index is 459. The van der Waals surface area contributed by atoms with E-state index in [-0.39, 0.29) is 4.90 Å². The summed E-state index contributed by atoms with van der Waals surface area (Å²) in [5, 5.41) is 0. The maximum Gasteiger partial charge on any atom is 0.240 e. The van der Waals surface area contributed by atoms with Gasteiger partial charge in [-0.25, -0.2) is 13.1 Å². The lowest BCUT2D eigenvalue weighted by atomic mass is 10.2. The summed E-state index contributed by atoms with van der Waals surface area (Å²) in [6, 6.07) is 6.81. The summed E-state index contributed by atoms with van der Waals surface area (Å²) in [7, 11) is -1.77. The van der Waals surface area contributed by atoms with Gasteiger partial charge in [-0.15, -0.1) is 11.6 Å². The van der Waals surface area contributed by atoms with Gasteiger partial charge in [0.1, 0.15) is 0 Å². The van der Waals surface area contributed by atoms with E-state index in [1.807, 2.05) is 0 Å². The van der Waals surface area contributed by atoms with E-state index < -0.39 is 10.0 Å². The number of hydrogen-bond acceptors (Lipinski definition) is 3. The van der Waals surface area contributed by atoms with Crippen LogP contribution < -0.4 is 4.72 Å². The SMILES string of the molecule is COCCCCNS(=O)(=O)c1ccc(CCCl)cc1. The highest BCUT2D eigenvalue weighted by molar-refractivity contribution is 7.89. The fraction of sp³-hybridized carbons (Fsp3) is 0.538. The van der Waals surface area contributed by atoms with E-state index in [4.69, 9.17) is 16.3 Å². The van der Waals surface area contributed by atoms with Gasteiger partial charge in [0.05, 0.1) is 4.90 Å². The van der Waals surface area contributed by atoms with Crippen molar-refractivity contribution in [3.05, 3.63) is 29.8 Å². The van der Waals surface area contributed by atoms with Crippen LogP contribution in [0.15, 0.2) is 29.2 Å². The first kappa shape index (κ1) is 16.4. The van der Waals surface area contributed by atoms with Gasteiger partial charge in [-0.2, -0.15) is 0 Å². The molecule has 0 aromatic heterocycles. The first-order valence-corrected chi connectivity index (χ1v) is 8.25. The smallest absolute Gasteiger partial charge is 0.240 e. The normalized spacial score (nSPS) is 11.7. The van der Waals surface area contributed by atoms with Crippen molar-refractivity contribution < 1.29 is 13.2 Å². The lowest BCUT2D eigenvalue weighted by Gasteiger charge is -2.07. The molecule has 19 heavy (non-hydrogen) atoms. The van der Waals surface area contributed by atoms with Crippen molar-refractivity contribution in [3.8, 4) is 0 Å². The van der Waals surface area contributed by atoms with Gasteiger partial charge in [0.15, 0.2) is 0 Å². The van der Waals surface area contributed by atoms with Crippen LogP contribution in [-0.2, 0) is 21.2 Å². The number of nitrogens with one attached hydrogen (secondary N) is 1. The summed E-state index contributed by atoms with van der Waals surface area (Å²) < 4.78 is 31.4. The van der Waals surface area contributed by atoms with E-state index in [0.29, 0.717) is 19.0 Å². The number of sulfonamides is 1. The summed E-state index contributed by atoms with van der Waals surface area (Å²) in [4.78, 5) is 0.289. The van der Waals surface area contributed by atoms with E-state index in [9.17, 15) is 8.42 Å². The molecular weight excluding hydrogens is 286 g/mol. The molecule has 0 aliphatic heterocycles. The number of halogens is 1. The molecule has 0 heterocycles. The Labute approximate surface area is 120 Å². The molecule has 1 aromatic rings. The van der Waals surface area contributed by atoms with Crippen LogP contribution in [0.4, 0.5) is 0 Å². The van der Waals surface area contributed by atoms with E-state index in [1.54, 1.807) is 31.4 Å². The third-order valence-corrected chi connectivity index (χ3v) is 4.35. The maximum atomic E-state index is 12.0. The van der Waals surface area contributed by atoms with Crippen molar-refractivity contribution >= 4 is 21.6 Å². The number of hydrogen-bond donors (Lipinski definition) is 1. The van der Waals surface area contributed by atoms with Gasteiger partial charge in [0.25, 0.3) is 0 Å². The molecule has 0 bridgehead atoms. The van der Waals surface area contributed by atoms with Crippen LogP contribution in [-0.4, -0.2) is 34.6 Å². The quantitative estimate of drug-likeness (QED) is 0.562. The van der Waals surface area contributed by atoms with Crippen molar-refractivity contribution in [2.75, 3.05) is 26.1 Å². The number of rotatable bonds is 9. The molecule has 0 aliphatic carbocycles. The average Bonchev–Trinajstić information content (AvgIpc) is 2.39. The van der Waals surface area contributed by atoms with Crippen molar-refractivity contribution in [1.82, 2.24) is 4.72 Å². The topological polar surface area (TPSA) is 55.4 Å². The predicted molar refractivity (Wildman–Crippen MR) is 77.2 cm³/mol. The third kappa shape index (κ3) is 5.91. The molecule has 0 atom stereocenters. The molecule has 0 spiro atoms. The van der Waals surface area contributed by atoms with Gasteiger partial charge < -0.3 is 4.74 Å². The average molecular weight is 306 g/mol. The highest BCUT2D eigenvalue weighted by Crippen LogP contribution is 2.11. The summed E-state index contributed by atoms with van der Waals surface area (Å²) in [6.07, 6.45) is 2.34. The zero-order chi connectivity index (χ0) is 14.1. The summed E-state index contributed by atoms with van der Waals surface area (Å²) in [6.45, 7) is 1.07. The second-order valence-corrected chi connectivity index (χ2v) is 6.33. The third-order valence-electron chi connectivity index (χ3n) is 2.68. The van der Waals surface area contributed by atoms with Gasteiger partial charge in [-0.3, -0.25) is 0 Å². The maximum absolute atomic E-state index is 12.0. The number of alkyl halides is 1. The van der Waals surface area contributed by atoms with E-state index in [0.717, 1.165) is 24.8 Å². The number of aryl methyl sites for hydroxylation is 1. The Morgan fingerprint density at radius 1 is 1.21 bits per heavy atom. The fourth-order valence-electron chi connectivity index (χ4n) is 1.61. The molecule has 0 unspecified atom stereocenters. The fourth-order valence-corrected chi connectivity index (χ4v) is 2.90. The molecule has 6 heteroatoms. The van der Waals surface area contributed by atoms with Crippen LogP contribution >= 0.6 is 11.6 Å². The van der Waals surface area contributed by atoms with E-state index in [2.05, 4.69) is 4.72 Å². The first-order valence-electron chi connectivity index (χ1n) is 6.23. The molecular formula is C13H20ClNO3S. The Morgan fingerprint density at radius 3 is 2.47 bits per heavy atom. The van der Waals surface area contributed by atoms with Gasteiger partial charge in [0.2, 0.25) is 10.0 Å². The Balaban J connectivity index is 2.52. The molecule has 0 fully saturated rings. The minimum absolute atomic E-state index is 0.289. The number of benzene rings is 1. The van der Waals surface area contributed by atoms with Gasteiger partial charge in [-0.05, 0) is 37.0 Å². The molecule has 1 aromatic carbocycles. The summed E-state index contributed by atoms with van der Waals surface area (Å²) >= 11 is 5.64. The minimum atomic E-state index is -3.40. The Hall–Kier alpha value is -0.620. The van der Waals surface area contributed by atoms with Crippen LogP contribution in [0, 0.1) is 0 Å². The minimum Gasteiger partial charge on any atom is -0.385 e. The van der Waals surface area contributed by atoms with Crippen LogP contribution in [0.25, 0.3) is 0 Å². The van der Waals surface area contributed by atoms with Crippen molar-refractivity contribution in [2.45, 2.75) is 24.2 Å². The molecule has 108 valence electrons. The van der Waals surface area contributed by atoms with E-state index >= 15 is 0 Å². The van der Waals surface area contributed by atoms with Crippen molar-refractivity contribution in [1.29, 1.82) is 0 Å². The van der Waals surface area contributed by atoms with E-state index in [1.165, 1.54) is 0 Å². The van der Waals surface area contributed by atoms with Crippen LogP contribution in [0.2, 0.25) is 0 Å². The van der Waals surface area contributed by atoms with Gasteiger partial charge in [-0.1, -0.05) is 12.1 Å². The number of ether oxygens (including phenoxy) is 1. The lowest BCUT2D eigenvalue weighted by Crippen LogP contribution is -2.25. The van der Waals surface area contributed by atoms with Crippen LogP contribution in [0.1, 0.15) is 18.4 Å². The summed E-state index contributed by atoms with van der Waals surface area (Å²) in [5.74, 6) is 0.532. The molecule has 0 aliphatic rings. The van der Waals surface area contributed by atoms with Gasteiger partial charge in [0, 0.05) is 26.1 Å². The number of unbranched alkanes of at least 4 members (excludes halogenated alkanes) is 1. The second-order valence-electron chi connectivity index (χ2n) is 4.18. The second kappa shape index (κ2) is 8.53. The molecule has 0 radical (unpaired) electrons. The zero-order valence-corrected chi connectivity index (χ0v) is 12.6. The molecule has 0 saturated heterocycles. The zero-order valence-electron chi connectivity index (χ0n) is 11.1. The molecule has 1 N–H and O–H groups in total. The first-order chi connectivity index (χ1) is 9.10. The summed E-state index contributed by atoms with van der Waals surface area (Å²) in [5.41, 5.74) is 1.04. The molecule has 4 nitrogen and oxygen atoms in total. The van der Waals surface area contributed by atoms with Gasteiger partial charge >= 0.3 is 0 Å². The van der Waals surface area contributed by atoms with Crippen LogP contribution in [0.3, 0.4) is 0 Å². The Kier molecular flexibility index (Phi) is 7.38. The van der Waals surface area contributed by atoms with Crippen molar-refractivity contribution in [3.63, 3.8) is 0 Å². The van der Waals surface area contributed by atoms with Crippen LogP contribution in [0.5, 0.6) is 0 Å². The standard InChI is InChI=1S/C13H20ClNO3S/c1-18-11-3-2-10-15-19(16,17)13-6-4-12(5-7-13)8-9-14/h4-7,15H,2-3,8-11H2,1H3. The highest BCUT2D eigenvalue weighted by Gasteiger charge is 2.12. The largest absolute Gasteiger partial charge is 0.385 e. The predicted octanol–water partition coefficient (Wildman–Crippen LogP) is 2.17. The Morgan fingerprint density at radius 2 is 1.89 bits per heavy atom.